The van der Waals surface area contributed by atoms with Gasteiger partial charge in [0.05, 0.1) is 5.52 Å². The molecule has 3 heteroatoms. The first-order valence-electron chi connectivity index (χ1n) is 10.7. The van der Waals surface area contributed by atoms with E-state index in [1.807, 2.05) is 49.0 Å². The summed E-state index contributed by atoms with van der Waals surface area (Å²) < 4.78 is 2.02. The van der Waals surface area contributed by atoms with Crippen LogP contribution in [-0.2, 0) is 7.05 Å². The maximum atomic E-state index is 12.5. The molecule has 0 unspecified atom stereocenters. The van der Waals surface area contributed by atoms with Crippen LogP contribution in [0, 0.1) is 6.92 Å². The molecule has 0 aliphatic rings. The summed E-state index contributed by atoms with van der Waals surface area (Å²) in [6.07, 6.45) is 1.90. The topological polar surface area (TPSA) is 25.2 Å². The van der Waals surface area contributed by atoms with Gasteiger partial charge in [0.1, 0.15) is 0 Å². The Hall–Kier alpha value is -4.11. The highest BCUT2D eigenvalue weighted by atomic mass is 16.1. The van der Waals surface area contributed by atoms with E-state index >= 15 is 0 Å². The first kappa shape index (κ1) is 19.8. The van der Waals surface area contributed by atoms with Crippen LogP contribution in [0.3, 0.4) is 0 Å². The van der Waals surface area contributed by atoms with Crippen molar-refractivity contribution in [2.75, 3.05) is 4.90 Å². The van der Waals surface area contributed by atoms with E-state index in [0.717, 1.165) is 44.7 Å². The number of hydrogen-bond donors (Lipinski definition) is 0. The van der Waals surface area contributed by atoms with Crippen LogP contribution in [0.4, 0.5) is 17.1 Å². The van der Waals surface area contributed by atoms with Crippen molar-refractivity contribution in [3.8, 4) is 11.1 Å². The molecular formula is C29H24N2O. The summed E-state index contributed by atoms with van der Waals surface area (Å²) in [6, 6.07) is 35.4. The Morgan fingerprint density at radius 3 is 1.78 bits per heavy atom. The van der Waals surface area contributed by atoms with Gasteiger partial charge in [-0.2, -0.15) is 0 Å². The molecule has 0 amide bonds. The molecule has 4 aromatic carbocycles. The Labute approximate surface area is 187 Å². The third kappa shape index (κ3) is 3.58. The molecular weight excluding hydrogens is 392 g/mol. The van der Waals surface area contributed by atoms with Crippen LogP contribution in [0.1, 0.15) is 5.56 Å². The van der Waals surface area contributed by atoms with Crippen LogP contribution in [-0.4, -0.2) is 4.57 Å². The van der Waals surface area contributed by atoms with Gasteiger partial charge in [-0.1, -0.05) is 54.6 Å². The summed E-state index contributed by atoms with van der Waals surface area (Å²) in [6.45, 7) is 1.86. The minimum Gasteiger partial charge on any atom is -0.350 e. The van der Waals surface area contributed by atoms with Crippen LogP contribution in [0.15, 0.2) is 114 Å². The predicted molar refractivity (Wildman–Crippen MR) is 134 cm³/mol. The SMILES string of the molecule is Cc1cn(C)c2cc(-c3ccc(N(c4ccccc4)c4ccccc4)cc3)ccc2c1=O. The van der Waals surface area contributed by atoms with Crippen LogP contribution in [0.2, 0.25) is 0 Å². The lowest BCUT2D eigenvalue weighted by molar-refractivity contribution is 0.939. The molecule has 5 rings (SSSR count). The smallest absolute Gasteiger partial charge is 0.192 e. The predicted octanol–water partition coefficient (Wildman–Crippen LogP) is 6.98. The quantitative estimate of drug-likeness (QED) is 0.316. The van der Waals surface area contributed by atoms with E-state index in [4.69, 9.17) is 0 Å². The fraction of sp³-hybridized carbons (Fsp3) is 0.0690. The third-order valence-electron chi connectivity index (χ3n) is 5.86. The molecule has 1 heterocycles. The molecule has 3 nitrogen and oxygen atoms in total. The van der Waals surface area contributed by atoms with Crippen molar-refractivity contribution in [2.24, 2.45) is 7.05 Å². The summed E-state index contributed by atoms with van der Waals surface area (Å²) in [5.74, 6) is 0. The monoisotopic (exact) mass is 416 g/mol. The number of benzene rings is 4. The Kier molecular flexibility index (Phi) is 5.08. The lowest BCUT2D eigenvalue weighted by atomic mass is 10.0. The number of para-hydroxylation sites is 2. The number of fused-ring (bicyclic) bond motifs is 1. The molecule has 0 aliphatic carbocycles. The van der Waals surface area contributed by atoms with Gasteiger partial charge in [-0.05, 0) is 66.6 Å². The highest BCUT2D eigenvalue weighted by Gasteiger charge is 2.12. The van der Waals surface area contributed by atoms with Crippen LogP contribution < -0.4 is 10.3 Å². The molecule has 0 saturated carbocycles. The Bertz CT molecular complexity index is 1400. The third-order valence-corrected chi connectivity index (χ3v) is 5.86. The van der Waals surface area contributed by atoms with Gasteiger partial charge >= 0.3 is 0 Å². The molecule has 0 aliphatic heterocycles. The lowest BCUT2D eigenvalue weighted by Gasteiger charge is -2.25. The fourth-order valence-electron chi connectivity index (χ4n) is 4.23. The van der Waals surface area contributed by atoms with Crippen LogP contribution in [0.25, 0.3) is 22.0 Å². The second-order valence-corrected chi connectivity index (χ2v) is 8.04. The van der Waals surface area contributed by atoms with Crippen LogP contribution >= 0.6 is 0 Å². The van der Waals surface area contributed by atoms with Crippen molar-refractivity contribution in [3.05, 3.63) is 125 Å². The van der Waals surface area contributed by atoms with E-state index in [1.165, 1.54) is 0 Å². The lowest BCUT2D eigenvalue weighted by Crippen LogP contribution is -2.10. The number of rotatable bonds is 4. The van der Waals surface area contributed by atoms with Gasteiger partial charge in [0.15, 0.2) is 5.43 Å². The summed E-state index contributed by atoms with van der Waals surface area (Å²) in [5.41, 5.74) is 7.33. The van der Waals surface area contributed by atoms with E-state index in [1.54, 1.807) is 0 Å². The number of hydrogen-bond acceptors (Lipinski definition) is 2. The maximum absolute atomic E-state index is 12.5. The number of nitrogens with zero attached hydrogens (tertiary/aromatic N) is 2. The normalized spacial score (nSPS) is 10.9. The molecule has 0 bridgehead atoms. The van der Waals surface area contributed by atoms with Crippen molar-refractivity contribution in [2.45, 2.75) is 6.92 Å². The van der Waals surface area contributed by atoms with Gasteiger partial charge in [0, 0.05) is 41.3 Å². The van der Waals surface area contributed by atoms with Crippen molar-refractivity contribution in [1.82, 2.24) is 4.57 Å². The standard InChI is InChI=1S/C29H24N2O/c1-21-20-30(2)28-19-23(15-18-27(28)29(21)32)22-13-16-26(17-14-22)31(24-9-5-3-6-10-24)25-11-7-4-8-12-25/h3-20H,1-2H3. The zero-order valence-electron chi connectivity index (χ0n) is 18.2. The summed E-state index contributed by atoms with van der Waals surface area (Å²) in [4.78, 5) is 14.7. The first-order valence-corrected chi connectivity index (χ1v) is 10.7. The van der Waals surface area contributed by atoms with E-state index in [9.17, 15) is 4.79 Å². The highest BCUT2D eigenvalue weighted by Crippen LogP contribution is 2.35. The van der Waals surface area contributed by atoms with Crippen molar-refractivity contribution in [3.63, 3.8) is 0 Å². The van der Waals surface area contributed by atoms with Crippen molar-refractivity contribution in [1.29, 1.82) is 0 Å². The van der Waals surface area contributed by atoms with E-state index in [2.05, 4.69) is 83.8 Å². The molecule has 0 radical (unpaired) electrons. The van der Waals surface area contributed by atoms with Crippen molar-refractivity contribution >= 4 is 28.0 Å². The van der Waals surface area contributed by atoms with E-state index in [-0.39, 0.29) is 5.43 Å². The molecule has 32 heavy (non-hydrogen) atoms. The second-order valence-electron chi connectivity index (χ2n) is 8.04. The molecule has 0 saturated heterocycles. The number of anilines is 3. The Balaban J connectivity index is 1.56. The largest absolute Gasteiger partial charge is 0.350 e. The summed E-state index contributed by atoms with van der Waals surface area (Å²) >= 11 is 0. The maximum Gasteiger partial charge on any atom is 0.192 e. The Morgan fingerprint density at radius 2 is 1.19 bits per heavy atom. The minimum absolute atomic E-state index is 0.0985. The molecule has 0 atom stereocenters. The van der Waals surface area contributed by atoms with E-state index < -0.39 is 0 Å². The molecule has 0 fully saturated rings. The van der Waals surface area contributed by atoms with Crippen molar-refractivity contribution < 1.29 is 0 Å². The number of aryl methyl sites for hydroxylation is 2. The molecule has 5 aromatic rings. The van der Waals surface area contributed by atoms with Gasteiger partial charge < -0.3 is 9.47 Å². The molecule has 156 valence electrons. The van der Waals surface area contributed by atoms with Gasteiger partial charge in [-0.15, -0.1) is 0 Å². The summed E-state index contributed by atoms with van der Waals surface area (Å²) in [5, 5.41) is 0.757. The zero-order chi connectivity index (χ0) is 22.1. The molecule has 0 N–H and O–H groups in total. The summed E-state index contributed by atoms with van der Waals surface area (Å²) in [7, 11) is 1.99. The van der Waals surface area contributed by atoms with E-state index in [0.29, 0.717) is 0 Å². The number of aromatic nitrogens is 1. The average molecular weight is 417 g/mol. The molecule has 0 spiro atoms. The van der Waals surface area contributed by atoms with Gasteiger partial charge in [0.25, 0.3) is 0 Å². The first-order chi connectivity index (χ1) is 15.6. The second kappa shape index (κ2) is 8.20. The van der Waals surface area contributed by atoms with Crippen LogP contribution in [0.5, 0.6) is 0 Å². The Morgan fingerprint density at radius 1 is 0.656 bits per heavy atom. The highest BCUT2D eigenvalue weighted by molar-refractivity contribution is 5.86. The van der Waals surface area contributed by atoms with Gasteiger partial charge in [-0.3, -0.25) is 4.79 Å². The zero-order valence-corrected chi connectivity index (χ0v) is 18.2. The minimum atomic E-state index is 0.0985. The molecule has 1 aromatic heterocycles. The fourth-order valence-corrected chi connectivity index (χ4v) is 4.23. The van der Waals surface area contributed by atoms with Gasteiger partial charge in [0.2, 0.25) is 0 Å². The number of pyridine rings is 1. The average Bonchev–Trinajstić information content (AvgIpc) is 2.84. The van der Waals surface area contributed by atoms with Gasteiger partial charge in [-0.25, -0.2) is 0 Å².